The number of aliphatic hydroxyl groups is 1. The number of para-hydroxylation sites is 2. The van der Waals surface area contributed by atoms with E-state index in [1.54, 1.807) is 7.11 Å². The highest BCUT2D eigenvalue weighted by atomic mass is 16.5. The highest BCUT2D eigenvalue weighted by molar-refractivity contribution is 6.13. The van der Waals surface area contributed by atoms with Gasteiger partial charge in [0.2, 0.25) is 11.8 Å². The number of β-amino-alcohol motifs (C(OH)–C–C–N with tert-alkyl or cyclic N) is 1. The molecule has 2 aliphatic heterocycles. The van der Waals surface area contributed by atoms with Crippen LogP contribution in [-0.4, -0.2) is 85.0 Å². The first-order chi connectivity index (χ1) is 20.4. The summed E-state index contributed by atoms with van der Waals surface area (Å²) in [6.45, 7) is 4.84. The summed E-state index contributed by atoms with van der Waals surface area (Å²) in [6.07, 6.45) is -0.897. The summed E-state index contributed by atoms with van der Waals surface area (Å²) in [5, 5.41) is 11.2. The summed E-state index contributed by atoms with van der Waals surface area (Å²) < 4.78 is 5.52. The molecule has 0 saturated carbocycles. The first-order valence-electron chi connectivity index (χ1n) is 14.7. The zero-order chi connectivity index (χ0) is 29.2. The van der Waals surface area contributed by atoms with E-state index in [1.165, 1.54) is 11.8 Å². The maximum absolute atomic E-state index is 14.2. The monoisotopic (exact) mass is 565 g/mol. The van der Waals surface area contributed by atoms with E-state index in [9.17, 15) is 19.5 Å². The first kappa shape index (κ1) is 26.9. The second kappa shape index (κ2) is 10.1. The number of hydrogen-bond donors (Lipinski definition) is 1. The Hall–Kier alpha value is -4.01. The van der Waals surface area contributed by atoms with Crippen LogP contribution in [-0.2, 0) is 19.8 Å². The number of carbonyl (C=O) groups is 3. The van der Waals surface area contributed by atoms with E-state index in [0.717, 1.165) is 59.9 Å². The minimum atomic E-state index is -1.21. The zero-order valence-corrected chi connectivity index (χ0v) is 23.9. The van der Waals surface area contributed by atoms with Gasteiger partial charge in [-0.2, -0.15) is 0 Å². The topological polar surface area (TPSA) is 90.4 Å². The summed E-state index contributed by atoms with van der Waals surface area (Å²) in [4.78, 5) is 47.6. The van der Waals surface area contributed by atoms with E-state index < -0.39 is 23.4 Å². The Bertz CT molecular complexity index is 1530. The largest absolute Gasteiger partial charge is 0.495 e. The van der Waals surface area contributed by atoms with E-state index in [2.05, 4.69) is 9.80 Å². The van der Waals surface area contributed by atoms with Crippen LogP contribution in [0.2, 0.25) is 0 Å². The fraction of sp³-hybridized carbons (Fsp3) is 0.382. The summed E-state index contributed by atoms with van der Waals surface area (Å²) in [5.74, 6) is -1.71. The molecule has 8 heteroatoms. The minimum absolute atomic E-state index is 0.0786. The highest BCUT2D eigenvalue weighted by Crippen LogP contribution is 2.64. The zero-order valence-electron chi connectivity index (χ0n) is 23.9. The van der Waals surface area contributed by atoms with Gasteiger partial charge in [-0.3, -0.25) is 24.2 Å². The van der Waals surface area contributed by atoms with Crippen molar-refractivity contribution in [3.63, 3.8) is 0 Å². The molecule has 2 amide bonds. The van der Waals surface area contributed by atoms with Crippen molar-refractivity contribution in [2.24, 2.45) is 11.8 Å². The molecule has 0 radical (unpaired) electrons. The first-order valence-corrected chi connectivity index (χ1v) is 14.7. The lowest BCUT2D eigenvalue weighted by atomic mass is 9.46. The number of aliphatic hydroxyl groups excluding tert-OH is 1. The molecule has 8 nitrogen and oxygen atoms in total. The van der Waals surface area contributed by atoms with Crippen LogP contribution in [0.25, 0.3) is 0 Å². The van der Waals surface area contributed by atoms with Gasteiger partial charge < -0.3 is 14.7 Å². The summed E-state index contributed by atoms with van der Waals surface area (Å²) >= 11 is 0. The Balaban J connectivity index is 1.12. The van der Waals surface area contributed by atoms with E-state index in [0.29, 0.717) is 6.54 Å². The molecule has 0 unspecified atom stereocenters. The SMILES string of the molecule is COc1ccccc1N1CCN(C[C@@H](O)CN2C(=O)[C@H]3C4c5ccccc5C(C(C)=O)(c5ccccc54)[C@H]3C2=O)CC1. The number of benzene rings is 3. The summed E-state index contributed by atoms with van der Waals surface area (Å²) in [5.41, 5.74) is 3.39. The van der Waals surface area contributed by atoms with Crippen LogP contribution in [0.4, 0.5) is 5.69 Å². The second-order valence-electron chi connectivity index (χ2n) is 11.9. The van der Waals surface area contributed by atoms with Gasteiger partial charge in [-0.25, -0.2) is 0 Å². The summed E-state index contributed by atoms with van der Waals surface area (Å²) in [6, 6.07) is 23.5. The Kier molecular flexibility index (Phi) is 6.44. The van der Waals surface area contributed by atoms with Crippen molar-refractivity contribution in [2.75, 3.05) is 51.3 Å². The molecule has 8 rings (SSSR count). The fourth-order valence-electron chi connectivity index (χ4n) is 8.24. The molecule has 5 aliphatic rings. The van der Waals surface area contributed by atoms with Gasteiger partial charge in [-0.05, 0) is 41.3 Å². The molecular weight excluding hydrogens is 530 g/mol. The van der Waals surface area contributed by atoms with Crippen molar-refractivity contribution >= 4 is 23.3 Å². The number of ketones is 1. The van der Waals surface area contributed by atoms with Crippen LogP contribution in [0.5, 0.6) is 5.75 Å². The molecule has 2 bridgehead atoms. The van der Waals surface area contributed by atoms with Crippen LogP contribution in [0.15, 0.2) is 72.8 Å². The second-order valence-corrected chi connectivity index (χ2v) is 11.9. The normalized spacial score (nSPS) is 27.0. The molecule has 3 aliphatic carbocycles. The maximum Gasteiger partial charge on any atom is 0.234 e. The van der Waals surface area contributed by atoms with Gasteiger partial charge in [-0.15, -0.1) is 0 Å². The van der Waals surface area contributed by atoms with Crippen LogP contribution in [0.1, 0.15) is 35.1 Å². The Morgan fingerprint density at radius 2 is 1.48 bits per heavy atom. The molecule has 2 fully saturated rings. The van der Waals surface area contributed by atoms with Crippen molar-refractivity contribution in [1.29, 1.82) is 0 Å². The van der Waals surface area contributed by atoms with E-state index in [4.69, 9.17) is 4.74 Å². The maximum atomic E-state index is 14.2. The fourth-order valence-corrected chi connectivity index (χ4v) is 8.24. The molecule has 0 aromatic heterocycles. The van der Waals surface area contributed by atoms with Gasteiger partial charge in [0.05, 0.1) is 42.7 Å². The number of likely N-dealkylation sites (tertiary alicyclic amines) is 1. The number of imide groups is 1. The standard InChI is InChI=1S/C34H35N3O5/c1-21(38)34-25-11-5-3-9-23(25)29(24-10-4-6-12-26(24)34)30-31(34)33(41)37(32(30)40)20-22(39)19-35-15-17-36(18-16-35)27-13-7-8-14-28(27)42-2/h3-14,22,29-31,39H,15-20H2,1-2H3/t22-,29?,30+,31-,34?/m1/s1. The van der Waals surface area contributed by atoms with Gasteiger partial charge in [0.15, 0.2) is 0 Å². The van der Waals surface area contributed by atoms with Gasteiger partial charge in [0.25, 0.3) is 0 Å². The minimum Gasteiger partial charge on any atom is -0.495 e. The third-order valence-electron chi connectivity index (χ3n) is 9.93. The molecule has 216 valence electrons. The highest BCUT2D eigenvalue weighted by Gasteiger charge is 2.69. The van der Waals surface area contributed by atoms with E-state index in [-0.39, 0.29) is 30.1 Å². The molecule has 0 spiro atoms. The molecular formula is C34H35N3O5. The number of ether oxygens (including phenoxy) is 1. The van der Waals surface area contributed by atoms with Gasteiger partial charge >= 0.3 is 0 Å². The number of amides is 2. The van der Waals surface area contributed by atoms with Crippen LogP contribution < -0.4 is 9.64 Å². The number of methoxy groups -OCH3 is 1. The molecule has 42 heavy (non-hydrogen) atoms. The lowest BCUT2D eigenvalue weighted by molar-refractivity contribution is -0.143. The number of piperazine rings is 1. The number of hydrogen-bond acceptors (Lipinski definition) is 7. The molecule has 2 heterocycles. The number of anilines is 1. The van der Waals surface area contributed by atoms with Gasteiger partial charge in [0, 0.05) is 38.6 Å². The predicted molar refractivity (Wildman–Crippen MR) is 158 cm³/mol. The Morgan fingerprint density at radius 1 is 0.881 bits per heavy atom. The average Bonchev–Trinajstić information content (AvgIpc) is 3.26. The third-order valence-corrected chi connectivity index (χ3v) is 9.93. The molecule has 1 N–H and O–H groups in total. The number of nitrogens with zero attached hydrogens (tertiary/aromatic N) is 3. The van der Waals surface area contributed by atoms with Crippen LogP contribution in [0, 0.1) is 11.8 Å². The van der Waals surface area contributed by atoms with Crippen molar-refractivity contribution in [3.05, 3.63) is 95.1 Å². The van der Waals surface area contributed by atoms with E-state index in [1.807, 2.05) is 72.8 Å². The van der Waals surface area contributed by atoms with Crippen molar-refractivity contribution in [3.8, 4) is 5.75 Å². The Labute approximate surface area is 245 Å². The summed E-state index contributed by atoms with van der Waals surface area (Å²) in [7, 11) is 1.67. The Morgan fingerprint density at radius 3 is 2.10 bits per heavy atom. The number of Topliss-reactive ketones (excluding diaryl/α,β-unsaturated/α-hetero) is 1. The van der Waals surface area contributed by atoms with Crippen molar-refractivity contribution in [1.82, 2.24) is 9.80 Å². The van der Waals surface area contributed by atoms with Crippen LogP contribution in [0.3, 0.4) is 0 Å². The number of carbonyl (C=O) groups excluding carboxylic acids is 3. The molecule has 3 atom stereocenters. The van der Waals surface area contributed by atoms with Crippen molar-refractivity contribution in [2.45, 2.75) is 24.4 Å². The van der Waals surface area contributed by atoms with Gasteiger partial charge in [0.1, 0.15) is 11.5 Å². The smallest absolute Gasteiger partial charge is 0.234 e. The van der Waals surface area contributed by atoms with E-state index >= 15 is 0 Å². The average molecular weight is 566 g/mol. The predicted octanol–water partition coefficient (Wildman–Crippen LogP) is 2.81. The molecule has 3 aromatic rings. The third kappa shape index (κ3) is 3.71. The molecule has 2 saturated heterocycles. The lowest BCUT2D eigenvalue weighted by Crippen LogP contribution is -2.57. The molecule has 3 aromatic carbocycles. The quantitative estimate of drug-likeness (QED) is 0.441. The van der Waals surface area contributed by atoms with Crippen LogP contribution >= 0.6 is 0 Å². The van der Waals surface area contributed by atoms with Crippen molar-refractivity contribution < 1.29 is 24.2 Å². The van der Waals surface area contributed by atoms with Gasteiger partial charge in [-0.1, -0.05) is 60.7 Å². The lowest BCUT2D eigenvalue weighted by Gasteiger charge is -2.52. The number of rotatable bonds is 7.